The molecule has 0 saturated heterocycles. The Kier molecular flexibility index (Phi) is 3.55. The number of hydrogen-bond donors (Lipinski definition) is 1. The predicted octanol–water partition coefficient (Wildman–Crippen LogP) is 3.32. The summed E-state index contributed by atoms with van der Waals surface area (Å²) in [5.74, 6) is 0. The molecule has 17 heavy (non-hydrogen) atoms. The molecule has 2 rings (SSSR count). The zero-order valence-electron chi connectivity index (χ0n) is 8.59. The minimum atomic E-state index is -0.441. The van der Waals surface area contributed by atoms with Gasteiger partial charge in [0.25, 0.3) is 5.69 Å². The van der Waals surface area contributed by atoms with Crippen LogP contribution in [0.25, 0.3) is 0 Å². The summed E-state index contributed by atoms with van der Waals surface area (Å²) in [5, 5.41) is 16.8. The first-order chi connectivity index (χ1) is 8.16. The van der Waals surface area contributed by atoms with E-state index in [0.29, 0.717) is 17.1 Å². The van der Waals surface area contributed by atoms with Crippen molar-refractivity contribution in [3.63, 3.8) is 0 Å². The maximum absolute atomic E-state index is 10.6. The zero-order valence-corrected chi connectivity index (χ0v) is 10.2. The number of nitrogens with zero attached hydrogens (tertiary/aromatic N) is 2. The molecule has 0 unspecified atom stereocenters. The lowest BCUT2D eigenvalue weighted by molar-refractivity contribution is -0.384. The van der Waals surface area contributed by atoms with E-state index in [1.54, 1.807) is 6.20 Å². The highest BCUT2D eigenvalue weighted by molar-refractivity contribution is 7.13. The summed E-state index contributed by atoms with van der Waals surface area (Å²) < 4.78 is 0. The molecule has 1 heterocycles. The number of benzene rings is 1. The Morgan fingerprint density at radius 3 is 3.00 bits per heavy atom. The number of rotatable bonds is 4. The molecule has 7 heteroatoms. The van der Waals surface area contributed by atoms with E-state index >= 15 is 0 Å². The molecule has 0 saturated carbocycles. The van der Waals surface area contributed by atoms with Gasteiger partial charge in [0, 0.05) is 35.3 Å². The highest BCUT2D eigenvalue weighted by atomic mass is 35.5. The smallest absolute Gasteiger partial charge is 0.269 e. The summed E-state index contributed by atoms with van der Waals surface area (Å²) in [6, 6.07) is 4.37. The third-order valence-electron chi connectivity index (χ3n) is 2.10. The third kappa shape index (κ3) is 2.92. The van der Waals surface area contributed by atoms with E-state index in [0.717, 1.165) is 5.13 Å². The van der Waals surface area contributed by atoms with Crippen molar-refractivity contribution in [2.75, 3.05) is 5.32 Å². The van der Waals surface area contributed by atoms with Gasteiger partial charge in [0.15, 0.2) is 5.13 Å². The van der Waals surface area contributed by atoms with Crippen LogP contribution in [0.15, 0.2) is 29.8 Å². The van der Waals surface area contributed by atoms with Gasteiger partial charge < -0.3 is 5.32 Å². The second-order valence-electron chi connectivity index (χ2n) is 3.22. The van der Waals surface area contributed by atoms with Crippen LogP contribution in [0.5, 0.6) is 0 Å². The van der Waals surface area contributed by atoms with Gasteiger partial charge in [-0.1, -0.05) is 11.6 Å². The molecule has 1 aromatic carbocycles. The molecule has 0 radical (unpaired) electrons. The van der Waals surface area contributed by atoms with Crippen molar-refractivity contribution in [3.05, 3.63) is 50.5 Å². The van der Waals surface area contributed by atoms with Gasteiger partial charge in [-0.2, -0.15) is 0 Å². The highest BCUT2D eigenvalue weighted by Gasteiger charge is 2.09. The summed E-state index contributed by atoms with van der Waals surface area (Å²) in [6.45, 7) is 0.411. The Morgan fingerprint density at radius 1 is 1.53 bits per heavy atom. The molecule has 0 atom stereocenters. The van der Waals surface area contributed by atoms with Crippen molar-refractivity contribution in [2.45, 2.75) is 6.54 Å². The number of nitro groups is 1. The number of thiazole rings is 1. The van der Waals surface area contributed by atoms with Crippen LogP contribution in [-0.2, 0) is 6.54 Å². The van der Waals surface area contributed by atoms with Gasteiger partial charge in [-0.05, 0) is 11.6 Å². The first-order valence-corrected chi connectivity index (χ1v) is 5.99. The number of halogens is 1. The maximum atomic E-state index is 10.6. The van der Waals surface area contributed by atoms with Crippen molar-refractivity contribution in [2.24, 2.45) is 0 Å². The lowest BCUT2D eigenvalue weighted by Gasteiger charge is -2.05. The normalized spacial score (nSPS) is 10.2. The van der Waals surface area contributed by atoms with Crippen LogP contribution < -0.4 is 5.32 Å². The van der Waals surface area contributed by atoms with Crippen LogP contribution in [0.4, 0.5) is 10.8 Å². The van der Waals surface area contributed by atoms with E-state index in [1.165, 1.54) is 29.5 Å². The van der Waals surface area contributed by atoms with Crippen LogP contribution >= 0.6 is 22.9 Å². The SMILES string of the molecule is O=[N+]([O-])c1ccc(Cl)c(CNc2nccs2)c1. The number of hydrogen-bond acceptors (Lipinski definition) is 5. The lowest BCUT2D eigenvalue weighted by atomic mass is 10.2. The largest absolute Gasteiger partial charge is 0.357 e. The van der Waals surface area contributed by atoms with E-state index in [1.807, 2.05) is 5.38 Å². The van der Waals surface area contributed by atoms with Gasteiger partial charge in [-0.3, -0.25) is 10.1 Å². The monoisotopic (exact) mass is 269 g/mol. The average molecular weight is 270 g/mol. The molecule has 2 aromatic rings. The summed E-state index contributed by atoms with van der Waals surface area (Å²) >= 11 is 7.42. The van der Waals surface area contributed by atoms with E-state index in [4.69, 9.17) is 11.6 Å². The Labute approximate surface area is 106 Å². The quantitative estimate of drug-likeness (QED) is 0.683. The number of aromatic nitrogens is 1. The summed E-state index contributed by atoms with van der Waals surface area (Å²) in [4.78, 5) is 14.2. The van der Waals surface area contributed by atoms with Crippen LogP contribution in [0.3, 0.4) is 0 Å². The fourth-order valence-electron chi connectivity index (χ4n) is 1.29. The number of nitrogens with one attached hydrogen (secondary N) is 1. The van der Waals surface area contributed by atoms with Crippen molar-refractivity contribution in [1.82, 2.24) is 4.98 Å². The van der Waals surface area contributed by atoms with E-state index in [9.17, 15) is 10.1 Å². The van der Waals surface area contributed by atoms with Gasteiger partial charge >= 0.3 is 0 Å². The fraction of sp³-hybridized carbons (Fsp3) is 0.100. The van der Waals surface area contributed by atoms with E-state index < -0.39 is 4.92 Å². The fourth-order valence-corrected chi connectivity index (χ4v) is 2.00. The van der Waals surface area contributed by atoms with Crippen molar-refractivity contribution < 1.29 is 4.92 Å². The number of anilines is 1. The summed E-state index contributed by atoms with van der Waals surface area (Å²) in [6.07, 6.45) is 1.68. The average Bonchev–Trinajstić information content (AvgIpc) is 2.80. The molecule has 5 nitrogen and oxygen atoms in total. The third-order valence-corrected chi connectivity index (χ3v) is 3.20. The van der Waals surface area contributed by atoms with Gasteiger partial charge in [-0.15, -0.1) is 11.3 Å². The van der Waals surface area contributed by atoms with Gasteiger partial charge in [0.1, 0.15) is 0 Å². The summed E-state index contributed by atoms with van der Waals surface area (Å²) in [7, 11) is 0. The number of non-ortho nitro benzene ring substituents is 1. The van der Waals surface area contributed by atoms with E-state index in [-0.39, 0.29) is 5.69 Å². The first kappa shape index (κ1) is 11.8. The van der Waals surface area contributed by atoms with Gasteiger partial charge in [0.2, 0.25) is 0 Å². The van der Waals surface area contributed by atoms with E-state index in [2.05, 4.69) is 10.3 Å². The molecule has 0 spiro atoms. The molecular weight excluding hydrogens is 262 g/mol. The minimum absolute atomic E-state index is 0.0327. The van der Waals surface area contributed by atoms with Gasteiger partial charge in [-0.25, -0.2) is 4.98 Å². The second kappa shape index (κ2) is 5.11. The summed E-state index contributed by atoms with van der Waals surface area (Å²) in [5.41, 5.74) is 0.710. The molecule has 1 N–H and O–H groups in total. The van der Waals surface area contributed by atoms with Crippen LogP contribution in [0.2, 0.25) is 5.02 Å². The highest BCUT2D eigenvalue weighted by Crippen LogP contribution is 2.23. The lowest BCUT2D eigenvalue weighted by Crippen LogP contribution is -2.00. The van der Waals surface area contributed by atoms with Crippen molar-refractivity contribution >= 4 is 33.8 Å². The second-order valence-corrected chi connectivity index (χ2v) is 4.53. The Hall–Kier alpha value is -1.66. The molecule has 0 amide bonds. The van der Waals surface area contributed by atoms with Crippen LogP contribution in [0, 0.1) is 10.1 Å². The predicted molar refractivity (Wildman–Crippen MR) is 67.5 cm³/mol. The molecule has 0 aliphatic rings. The van der Waals surface area contributed by atoms with Crippen LogP contribution in [0.1, 0.15) is 5.56 Å². The van der Waals surface area contributed by atoms with Crippen molar-refractivity contribution in [3.8, 4) is 0 Å². The Bertz CT molecular complexity index is 530. The molecule has 0 bridgehead atoms. The molecular formula is C10H8ClN3O2S. The molecule has 88 valence electrons. The zero-order chi connectivity index (χ0) is 12.3. The topological polar surface area (TPSA) is 68.1 Å². The molecule has 0 aliphatic carbocycles. The standard InChI is InChI=1S/C10H8ClN3O2S/c11-9-2-1-8(14(15)16)5-7(9)6-13-10-12-3-4-17-10/h1-5H,6H2,(H,12,13). The van der Waals surface area contributed by atoms with Crippen molar-refractivity contribution in [1.29, 1.82) is 0 Å². The number of nitro benzene ring substituents is 1. The molecule has 0 aliphatic heterocycles. The first-order valence-electron chi connectivity index (χ1n) is 4.73. The Morgan fingerprint density at radius 2 is 2.35 bits per heavy atom. The minimum Gasteiger partial charge on any atom is -0.357 e. The van der Waals surface area contributed by atoms with Crippen LogP contribution in [-0.4, -0.2) is 9.91 Å². The molecule has 0 fully saturated rings. The van der Waals surface area contributed by atoms with Gasteiger partial charge in [0.05, 0.1) is 4.92 Å². The Balaban J connectivity index is 2.14. The molecule has 1 aromatic heterocycles. The maximum Gasteiger partial charge on any atom is 0.269 e.